The second-order valence-corrected chi connectivity index (χ2v) is 2.93. The molecule has 0 unspecified atom stereocenters. The smallest absolute Gasteiger partial charge is 0.0644 e. The van der Waals surface area contributed by atoms with Gasteiger partial charge in [0.1, 0.15) is 0 Å². The second kappa shape index (κ2) is 4.47. The Kier molecular flexibility index (Phi) is 4.32. The van der Waals surface area contributed by atoms with Crippen LogP contribution in [0.25, 0.3) is 0 Å². The summed E-state index contributed by atoms with van der Waals surface area (Å²) in [6.07, 6.45) is 2.37. The van der Waals surface area contributed by atoms with E-state index in [0.29, 0.717) is 19.6 Å². The van der Waals surface area contributed by atoms with Crippen LogP contribution in [0.1, 0.15) is 20.3 Å². The molecule has 60 valence electrons. The van der Waals surface area contributed by atoms with Gasteiger partial charge in [0.05, 0.1) is 12.2 Å². The largest absolute Gasteiger partial charge is 0.390 e. The van der Waals surface area contributed by atoms with Gasteiger partial charge in [-0.25, -0.2) is 0 Å². The van der Waals surface area contributed by atoms with E-state index in [4.69, 9.17) is 4.74 Å². The van der Waals surface area contributed by atoms with Gasteiger partial charge in [-0.3, -0.25) is 0 Å². The van der Waals surface area contributed by atoms with E-state index in [1.165, 1.54) is 0 Å². The molecule has 0 aliphatic carbocycles. The first-order valence-electron chi connectivity index (χ1n) is 3.47. The second-order valence-electron chi connectivity index (χ2n) is 2.93. The highest BCUT2D eigenvalue weighted by atomic mass is 16.5. The summed E-state index contributed by atoms with van der Waals surface area (Å²) in [4.78, 5) is 0. The van der Waals surface area contributed by atoms with Crippen LogP contribution in [0.3, 0.4) is 0 Å². The van der Waals surface area contributed by atoms with Crippen molar-refractivity contribution in [1.82, 2.24) is 0 Å². The zero-order chi connectivity index (χ0) is 8.04. The van der Waals surface area contributed by atoms with E-state index in [2.05, 4.69) is 6.58 Å². The first-order chi connectivity index (χ1) is 4.56. The summed E-state index contributed by atoms with van der Waals surface area (Å²) in [5, 5.41) is 9.21. The molecule has 10 heavy (non-hydrogen) atoms. The average molecular weight is 144 g/mol. The van der Waals surface area contributed by atoms with Crippen molar-refractivity contribution in [2.24, 2.45) is 0 Å². The molecule has 0 heterocycles. The van der Waals surface area contributed by atoms with Crippen molar-refractivity contribution in [3.05, 3.63) is 12.7 Å². The number of aliphatic hydroxyl groups is 1. The SMILES string of the molecule is C=CCOCCC(C)(C)O. The molecule has 0 atom stereocenters. The van der Waals surface area contributed by atoms with Crippen molar-refractivity contribution in [3.8, 4) is 0 Å². The van der Waals surface area contributed by atoms with Gasteiger partial charge in [-0.2, -0.15) is 0 Å². The molecule has 0 aliphatic rings. The molecule has 0 aromatic rings. The molecule has 0 saturated heterocycles. The van der Waals surface area contributed by atoms with Gasteiger partial charge in [-0.1, -0.05) is 6.08 Å². The van der Waals surface area contributed by atoms with Crippen molar-refractivity contribution < 1.29 is 9.84 Å². The Bertz CT molecular complexity index is 91.9. The highest BCUT2D eigenvalue weighted by Crippen LogP contribution is 2.06. The molecule has 0 aliphatic heterocycles. The molecule has 0 saturated carbocycles. The van der Waals surface area contributed by atoms with Crippen LogP contribution in [-0.4, -0.2) is 23.9 Å². The molecule has 0 aromatic carbocycles. The highest BCUT2D eigenvalue weighted by molar-refractivity contribution is 4.66. The predicted molar refractivity (Wildman–Crippen MR) is 41.9 cm³/mol. The van der Waals surface area contributed by atoms with Crippen LogP contribution in [0.2, 0.25) is 0 Å². The predicted octanol–water partition coefficient (Wildman–Crippen LogP) is 1.35. The number of rotatable bonds is 5. The fourth-order valence-corrected chi connectivity index (χ4v) is 0.489. The minimum Gasteiger partial charge on any atom is -0.390 e. The summed E-state index contributed by atoms with van der Waals surface area (Å²) in [5.74, 6) is 0. The van der Waals surface area contributed by atoms with Crippen LogP contribution in [0.4, 0.5) is 0 Å². The Hall–Kier alpha value is -0.340. The molecular formula is C8H16O2. The van der Waals surface area contributed by atoms with Gasteiger partial charge in [-0.15, -0.1) is 6.58 Å². The van der Waals surface area contributed by atoms with Crippen LogP contribution >= 0.6 is 0 Å². The van der Waals surface area contributed by atoms with Gasteiger partial charge >= 0.3 is 0 Å². The van der Waals surface area contributed by atoms with E-state index in [1.807, 2.05) is 0 Å². The van der Waals surface area contributed by atoms with Crippen molar-refractivity contribution in [2.45, 2.75) is 25.9 Å². The molecule has 0 bridgehead atoms. The van der Waals surface area contributed by atoms with Crippen molar-refractivity contribution in [2.75, 3.05) is 13.2 Å². The van der Waals surface area contributed by atoms with Crippen LogP contribution < -0.4 is 0 Å². The third-order valence-electron chi connectivity index (χ3n) is 1.09. The lowest BCUT2D eigenvalue weighted by atomic mass is 10.1. The molecule has 1 N–H and O–H groups in total. The van der Waals surface area contributed by atoms with Gasteiger partial charge in [0.2, 0.25) is 0 Å². The van der Waals surface area contributed by atoms with Crippen molar-refractivity contribution in [1.29, 1.82) is 0 Å². The normalized spacial score (nSPS) is 11.5. The minimum absolute atomic E-state index is 0.566. The average Bonchev–Trinajstić information content (AvgIpc) is 1.78. The number of hydrogen-bond donors (Lipinski definition) is 1. The van der Waals surface area contributed by atoms with Gasteiger partial charge in [0, 0.05) is 6.61 Å². The first kappa shape index (κ1) is 9.66. The number of hydrogen-bond acceptors (Lipinski definition) is 2. The molecule has 0 amide bonds. The van der Waals surface area contributed by atoms with Crippen molar-refractivity contribution >= 4 is 0 Å². The van der Waals surface area contributed by atoms with E-state index in [1.54, 1.807) is 19.9 Å². The summed E-state index contributed by atoms with van der Waals surface area (Å²) in [5.41, 5.74) is -0.610. The lowest BCUT2D eigenvalue weighted by Gasteiger charge is -2.15. The van der Waals surface area contributed by atoms with Gasteiger partial charge in [0.25, 0.3) is 0 Å². The summed E-state index contributed by atoms with van der Waals surface area (Å²) in [6, 6.07) is 0. The first-order valence-corrected chi connectivity index (χ1v) is 3.47. The van der Waals surface area contributed by atoms with Gasteiger partial charge in [-0.05, 0) is 20.3 Å². The Morgan fingerprint density at radius 3 is 2.60 bits per heavy atom. The topological polar surface area (TPSA) is 29.5 Å². The standard InChI is InChI=1S/C8H16O2/c1-4-6-10-7-5-8(2,3)9/h4,9H,1,5-7H2,2-3H3. The molecular weight excluding hydrogens is 128 g/mol. The maximum absolute atomic E-state index is 9.21. The van der Waals surface area contributed by atoms with Crippen LogP contribution in [0, 0.1) is 0 Å². The summed E-state index contributed by atoms with van der Waals surface area (Å²) in [6.45, 7) is 8.20. The third kappa shape index (κ3) is 7.66. The molecule has 0 rings (SSSR count). The Balaban J connectivity index is 3.12. The van der Waals surface area contributed by atoms with Gasteiger partial charge < -0.3 is 9.84 Å². The maximum Gasteiger partial charge on any atom is 0.0644 e. The Morgan fingerprint density at radius 2 is 2.20 bits per heavy atom. The van der Waals surface area contributed by atoms with Crippen LogP contribution in [0.5, 0.6) is 0 Å². The highest BCUT2D eigenvalue weighted by Gasteiger charge is 2.10. The monoisotopic (exact) mass is 144 g/mol. The fraction of sp³-hybridized carbons (Fsp3) is 0.750. The van der Waals surface area contributed by atoms with Crippen molar-refractivity contribution in [3.63, 3.8) is 0 Å². The zero-order valence-electron chi connectivity index (χ0n) is 6.76. The minimum atomic E-state index is -0.610. The third-order valence-corrected chi connectivity index (χ3v) is 1.09. The molecule has 0 spiro atoms. The van der Waals surface area contributed by atoms with E-state index in [0.717, 1.165) is 0 Å². The molecule has 0 fully saturated rings. The molecule has 2 nitrogen and oxygen atoms in total. The van der Waals surface area contributed by atoms with Gasteiger partial charge in [0.15, 0.2) is 0 Å². The molecule has 0 radical (unpaired) electrons. The Labute approximate surface area is 62.5 Å². The van der Waals surface area contributed by atoms with Crippen LogP contribution in [-0.2, 0) is 4.74 Å². The summed E-state index contributed by atoms with van der Waals surface area (Å²) >= 11 is 0. The zero-order valence-corrected chi connectivity index (χ0v) is 6.76. The fourth-order valence-electron chi connectivity index (χ4n) is 0.489. The summed E-state index contributed by atoms with van der Waals surface area (Å²) in [7, 11) is 0. The lowest BCUT2D eigenvalue weighted by molar-refractivity contribution is 0.0345. The van der Waals surface area contributed by atoms with E-state index in [9.17, 15) is 5.11 Å². The maximum atomic E-state index is 9.21. The quantitative estimate of drug-likeness (QED) is 0.466. The van der Waals surface area contributed by atoms with E-state index in [-0.39, 0.29) is 0 Å². The van der Waals surface area contributed by atoms with E-state index >= 15 is 0 Å². The number of ether oxygens (including phenoxy) is 1. The molecule has 0 aromatic heterocycles. The Morgan fingerprint density at radius 1 is 1.60 bits per heavy atom. The summed E-state index contributed by atoms with van der Waals surface area (Å²) < 4.78 is 5.08. The van der Waals surface area contributed by atoms with E-state index < -0.39 is 5.60 Å². The van der Waals surface area contributed by atoms with Crippen LogP contribution in [0.15, 0.2) is 12.7 Å². The molecule has 2 heteroatoms. The lowest BCUT2D eigenvalue weighted by Crippen LogP contribution is -2.20.